The lowest BCUT2D eigenvalue weighted by molar-refractivity contribution is 0.394. The van der Waals surface area contributed by atoms with Gasteiger partial charge in [0.05, 0.1) is 7.11 Å². The van der Waals surface area contributed by atoms with Crippen LogP contribution in [-0.4, -0.2) is 25.6 Å². The second-order valence-corrected chi connectivity index (χ2v) is 5.08. The van der Waals surface area contributed by atoms with Gasteiger partial charge in [-0.3, -0.25) is 4.18 Å². The third-order valence-corrected chi connectivity index (χ3v) is 3.45. The molecule has 0 unspecified atom stereocenters. The van der Waals surface area contributed by atoms with Gasteiger partial charge in [0.25, 0.3) is 0 Å². The molecule has 0 aromatic carbocycles. The van der Waals surface area contributed by atoms with E-state index in [0.717, 1.165) is 19.3 Å². The zero-order chi connectivity index (χ0) is 9.61. The van der Waals surface area contributed by atoms with Crippen molar-refractivity contribution in [2.75, 3.05) is 12.9 Å². The Morgan fingerprint density at radius 2 is 2.25 bits per heavy atom. The molecule has 0 rings (SSSR count). The van der Waals surface area contributed by atoms with Crippen LogP contribution in [0.5, 0.6) is 0 Å². The molecule has 0 aliphatic heterocycles. The second-order valence-electron chi connectivity index (χ2n) is 1.86. The van der Waals surface area contributed by atoms with Crippen molar-refractivity contribution in [3.63, 3.8) is 0 Å². The summed E-state index contributed by atoms with van der Waals surface area (Å²) in [5.74, 6) is 0.797. The zero-order valence-electron chi connectivity index (χ0n) is 6.86. The van der Waals surface area contributed by atoms with Crippen molar-refractivity contribution in [2.45, 2.75) is 13.3 Å². The van der Waals surface area contributed by atoms with E-state index in [1.54, 1.807) is 0 Å². The molecule has 1 N–H and O–H groups in total. The number of hydrogen-bond donors (Lipinski definition) is 1. The van der Waals surface area contributed by atoms with Crippen LogP contribution in [0.1, 0.15) is 13.3 Å². The van der Waals surface area contributed by atoms with E-state index in [4.69, 9.17) is 12.2 Å². The molecule has 0 atom stereocenters. The van der Waals surface area contributed by atoms with E-state index in [0.29, 0.717) is 0 Å². The highest BCUT2D eigenvalue weighted by atomic mass is 32.2. The Hall–Kier alpha value is 0.150. The van der Waals surface area contributed by atoms with Crippen LogP contribution in [0.15, 0.2) is 0 Å². The third kappa shape index (κ3) is 5.76. The lowest BCUT2D eigenvalue weighted by Gasteiger charge is -2.04. The van der Waals surface area contributed by atoms with Crippen LogP contribution >= 0.6 is 24.0 Å². The SMILES string of the molecule is CCCSC(=S)NS(=O)(=O)OC. The van der Waals surface area contributed by atoms with E-state index >= 15 is 0 Å². The monoisotopic (exact) mass is 229 g/mol. The molecule has 7 heteroatoms. The van der Waals surface area contributed by atoms with Crippen molar-refractivity contribution in [3.05, 3.63) is 0 Å². The van der Waals surface area contributed by atoms with Crippen LogP contribution in [0, 0.1) is 0 Å². The first-order valence-electron chi connectivity index (χ1n) is 3.27. The van der Waals surface area contributed by atoms with Gasteiger partial charge in [0.15, 0.2) is 0 Å². The zero-order valence-corrected chi connectivity index (χ0v) is 9.31. The lowest BCUT2D eigenvalue weighted by Crippen LogP contribution is -2.28. The maximum absolute atomic E-state index is 10.7. The van der Waals surface area contributed by atoms with Crippen LogP contribution in [0.3, 0.4) is 0 Å². The minimum atomic E-state index is -3.66. The van der Waals surface area contributed by atoms with Crippen LogP contribution in [0.4, 0.5) is 0 Å². The van der Waals surface area contributed by atoms with Crippen LogP contribution in [-0.2, 0) is 14.5 Å². The highest BCUT2D eigenvalue weighted by Gasteiger charge is 2.09. The van der Waals surface area contributed by atoms with E-state index in [2.05, 4.69) is 8.91 Å². The maximum Gasteiger partial charge on any atom is 0.360 e. The van der Waals surface area contributed by atoms with Crippen molar-refractivity contribution in [2.24, 2.45) is 0 Å². The van der Waals surface area contributed by atoms with Gasteiger partial charge < -0.3 is 0 Å². The number of thioether (sulfide) groups is 1. The van der Waals surface area contributed by atoms with Gasteiger partial charge >= 0.3 is 10.3 Å². The standard InChI is InChI=1S/C5H11NO3S3/c1-3-4-11-5(10)6-12(7,8)9-2/h3-4H2,1-2H3,(H,6,10). The van der Waals surface area contributed by atoms with E-state index in [1.165, 1.54) is 11.8 Å². The second kappa shape index (κ2) is 5.74. The lowest BCUT2D eigenvalue weighted by atomic mass is 10.6. The molecule has 0 amide bonds. The summed E-state index contributed by atoms with van der Waals surface area (Å²) in [5, 5.41) is 0. The average molecular weight is 229 g/mol. The molecule has 0 aliphatic rings. The molecule has 0 spiro atoms. The number of thiocarbonyl (C=S) groups is 1. The molecule has 0 radical (unpaired) electrons. The molecule has 0 saturated heterocycles. The third-order valence-electron chi connectivity index (χ3n) is 0.865. The van der Waals surface area contributed by atoms with E-state index in [-0.39, 0.29) is 4.32 Å². The molecular formula is C5H11NO3S3. The molecule has 0 aromatic rings. The largest absolute Gasteiger partial charge is 0.360 e. The fourth-order valence-corrected chi connectivity index (χ4v) is 2.14. The first-order valence-corrected chi connectivity index (χ1v) is 6.07. The quantitative estimate of drug-likeness (QED) is 0.726. The van der Waals surface area contributed by atoms with Crippen molar-refractivity contribution in [1.82, 2.24) is 4.72 Å². The molecule has 0 bridgehead atoms. The molecule has 0 aromatic heterocycles. The van der Waals surface area contributed by atoms with Gasteiger partial charge in [-0.25, -0.2) is 4.72 Å². The molecule has 0 fully saturated rings. The van der Waals surface area contributed by atoms with Gasteiger partial charge in [-0.2, -0.15) is 8.42 Å². The van der Waals surface area contributed by atoms with Gasteiger partial charge in [0, 0.05) is 5.75 Å². The number of hydrogen-bond acceptors (Lipinski definition) is 5. The van der Waals surface area contributed by atoms with Crippen molar-refractivity contribution < 1.29 is 12.6 Å². The molecule has 12 heavy (non-hydrogen) atoms. The van der Waals surface area contributed by atoms with Gasteiger partial charge in [0.2, 0.25) is 0 Å². The Kier molecular flexibility index (Phi) is 5.81. The van der Waals surface area contributed by atoms with Gasteiger partial charge in [-0.15, -0.1) is 0 Å². The summed E-state index contributed by atoms with van der Waals surface area (Å²) in [6.07, 6.45) is 0.944. The highest BCUT2D eigenvalue weighted by Crippen LogP contribution is 2.04. The summed E-state index contributed by atoms with van der Waals surface area (Å²) in [7, 11) is -2.58. The summed E-state index contributed by atoms with van der Waals surface area (Å²) in [5.41, 5.74) is 0. The van der Waals surface area contributed by atoms with Crippen molar-refractivity contribution in [1.29, 1.82) is 0 Å². The average Bonchev–Trinajstić information content (AvgIpc) is 2.00. The fourth-order valence-electron chi connectivity index (χ4n) is 0.368. The summed E-state index contributed by atoms with van der Waals surface area (Å²) in [6.45, 7) is 1.99. The van der Waals surface area contributed by atoms with Crippen LogP contribution in [0.25, 0.3) is 0 Å². The van der Waals surface area contributed by atoms with E-state index < -0.39 is 10.3 Å². The molecule has 72 valence electrons. The summed E-state index contributed by atoms with van der Waals surface area (Å²) in [4.78, 5) is 0. The number of nitrogens with one attached hydrogen (secondary N) is 1. The molecular weight excluding hydrogens is 218 g/mol. The Morgan fingerprint density at radius 1 is 1.67 bits per heavy atom. The smallest absolute Gasteiger partial charge is 0.257 e. The topological polar surface area (TPSA) is 55.4 Å². The summed E-state index contributed by atoms with van der Waals surface area (Å²) >= 11 is 6.01. The maximum atomic E-state index is 10.7. The Bertz CT molecular complexity index is 236. The van der Waals surface area contributed by atoms with Gasteiger partial charge in [-0.05, 0) is 6.42 Å². The van der Waals surface area contributed by atoms with Gasteiger partial charge in [0.1, 0.15) is 4.32 Å². The minimum absolute atomic E-state index is 0.221. The summed E-state index contributed by atoms with van der Waals surface area (Å²) < 4.78 is 27.9. The van der Waals surface area contributed by atoms with Gasteiger partial charge in [-0.1, -0.05) is 30.9 Å². The summed E-state index contributed by atoms with van der Waals surface area (Å²) in [6, 6.07) is 0. The normalized spacial score (nSPS) is 11.2. The predicted molar refractivity (Wildman–Crippen MR) is 54.4 cm³/mol. The Balaban J connectivity index is 3.85. The predicted octanol–water partition coefficient (Wildman–Crippen LogP) is 0.895. The Morgan fingerprint density at radius 3 is 2.67 bits per heavy atom. The molecule has 0 aliphatic carbocycles. The Labute approximate surface area is 82.3 Å². The number of rotatable bonds is 4. The fraction of sp³-hybridized carbons (Fsp3) is 0.800. The molecule has 0 saturated carbocycles. The van der Waals surface area contributed by atoms with E-state index in [9.17, 15) is 8.42 Å². The first-order chi connectivity index (χ1) is 5.52. The van der Waals surface area contributed by atoms with Crippen molar-refractivity contribution in [3.8, 4) is 0 Å². The van der Waals surface area contributed by atoms with E-state index in [1.807, 2.05) is 6.92 Å². The van der Waals surface area contributed by atoms with Crippen LogP contribution < -0.4 is 4.72 Å². The molecule has 4 nitrogen and oxygen atoms in total. The van der Waals surface area contributed by atoms with Crippen LogP contribution in [0.2, 0.25) is 0 Å². The molecule has 0 heterocycles. The minimum Gasteiger partial charge on any atom is -0.257 e. The first kappa shape index (κ1) is 12.2. The highest BCUT2D eigenvalue weighted by molar-refractivity contribution is 8.23. The van der Waals surface area contributed by atoms with Crippen molar-refractivity contribution >= 4 is 38.6 Å².